The number of carboxylic acids is 1. The Morgan fingerprint density at radius 1 is 1.48 bits per heavy atom. The first-order valence-corrected chi connectivity index (χ1v) is 9.04. The van der Waals surface area contributed by atoms with Crippen LogP contribution in [0.4, 0.5) is 0 Å². The number of hydrogen-bond acceptors (Lipinski definition) is 5. The molecule has 0 bridgehead atoms. The molecule has 1 N–H and O–H groups in total. The molecule has 2 heterocycles. The van der Waals surface area contributed by atoms with Crippen molar-refractivity contribution in [2.75, 3.05) is 5.75 Å². The summed E-state index contributed by atoms with van der Waals surface area (Å²) in [4.78, 5) is 22.6. The highest BCUT2D eigenvalue weighted by Gasteiger charge is 2.24. The molecular weight excluding hydrogens is 304 g/mol. The van der Waals surface area contributed by atoms with E-state index in [9.17, 15) is 4.79 Å². The van der Waals surface area contributed by atoms with Crippen molar-refractivity contribution in [3.63, 3.8) is 0 Å². The molecule has 0 unspecified atom stereocenters. The van der Waals surface area contributed by atoms with Crippen molar-refractivity contribution >= 4 is 39.3 Å². The molecule has 4 nitrogen and oxygen atoms in total. The van der Waals surface area contributed by atoms with Crippen molar-refractivity contribution in [3.05, 3.63) is 16.3 Å². The fourth-order valence-electron chi connectivity index (χ4n) is 2.74. The summed E-state index contributed by atoms with van der Waals surface area (Å²) in [6.45, 7) is 4.32. The average molecular weight is 322 g/mol. The van der Waals surface area contributed by atoms with E-state index in [4.69, 9.17) is 5.11 Å². The van der Waals surface area contributed by atoms with Crippen LogP contribution in [0.3, 0.4) is 0 Å². The highest BCUT2D eigenvalue weighted by Crippen LogP contribution is 2.40. The summed E-state index contributed by atoms with van der Waals surface area (Å²) in [5.41, 5.74) is 1.36. The molecule has 2 aromatic heterocycles. The van der Waals surface area contributed by atoms with E-state index in [2.05, 4.69) is 16.9 Å². The van der Waals surface area contributed by atoms with E-state index in [0.29, 0.717) is 0 Å². The van der Waals surface area contributed by atoms with Gasteiger partial charge in [-0.25, -0.2) is 9.97 Å². The van der Waals surface area contributed by atoms with Crippen LogP contribution in [0.15, 0.2) is 5.03 Å². The Labute approximate surface area is 132 Å². The molecule has 0 radical (unpaired) electrons. The summed E-state index contributed by atoms with van der Waals surface area (Å²) in [7, 11) is 0. The molecule has 0 fully saturated rings. The van der Waals surface area contributed by atoms with E-state index in [0.717, 1.165) is 46.2 Å². The molecule has 0 aliphatic heterocycles. The molecule has 1 atom stereocenters. The molecule has 0 amide bonds. The Balaban J connectivity index is 2.12. The minimum atomic E-state index is -0.803. The Morgan fingerprint density at radius 3 is 3.00 bits per heavy atom. The van der Waals surface area contributed by atoms with Gasteiger partial charge >= 0.3 is 5.97 Å². The topological polar surface area (TPSA) is 63.1 Å². The number of aryl methyl sites for hydroxylation is 2. The Kier molecular flexibility index (Phi) is 4.17. The van der Waals surface area contributed by atoms with Crippen molar-refractivity contribution < 1.29 is 9.90 Å². The van der Waals surface area contributed by atoms with Gasteiger partial charge in [-0.3, -0.25) is 4.79 Å². The van der Waals surface area contributed by atoms with Crippen LogP contribution in [-0.2, 0) is 24.1 Å². The summed E-state index contributed by atoms with van der Waals surface area (Å²) in [5.74, 6) is 0.778. The fourth-order valence-corrected chi connectivity index (χ4v) is 5.00. The SMILES string of the molecule is CCc1nc(SCC(=O)O)c2c3c(sc2n1)C[C@@H](C)CC3. The molecule has 6 heteroatoms. The summed E-state index contributed by atoms with van der Waals surface area (Å²) in [6.07, 6.45) is 4.14. The second kappa shape index (κ2) is 5.93. The lowest BCUT2D eigenvalue weighted by Crippen LogP contribution is -2.09. The maximum absolute atomic E-state index is 10.9. The lowest BCUT2D eigenvalue weighted by Gasteiger charge is -2.18. The minimum absolute atomic E-state index is 0.0519. The zero-order valence-electron chi connectivity index (χ0n) is 12.2. The molecule has 0 saturated carbocycles. The molecule has 2 aromatic rings. The lowest BCUT2D eigenvalue weighted by molar-refractivity contribution is -0.133. The van der Waals surface area contributed by atoms with Crippen LogP contribution in [0.25, 0.3) is 10.2 Å². The Bertz CT molecular complexity index is 697. The second-order valence-corrected chi connectivity index (χ2v) is 7.56. The highest BCUT2D eigenvalue weighted by molar-refractivity contribution is 8.00. The molecule has 0 aromatic carbocycles. The van der Waals surface area contributed by atoms with Gasteiger partial charge in [0.05, 0.1) is 5.75 Å². The van der Waals surface area contributed by atoms with Gasteiger partial charge in [0, 0.05) is 16.7 Å². The standard InChI is InChI=1S/C15H18N2O2S2/c1-3-11-16-14(20-7-12(18)19)13-9-5-4-8(2)6-10(9)21-15(13)17-11/h8H,3-7H2,1-2H3,(H,18,19)/t8-/m0/s1. The number of thiophene rings is 1. The van der Waals surface area contributed by atoms with Crippen molar-refractivity contribution in [1.82, 2.24) is 9.97 Å². The molecule has 3 rings (SSSR count). The third-order valence-corrected chi connectivity index (χ3v) is 5.93. The molecule has 0 saturated heterocycles. The molecule has 0 spiro atoms. The normalized spacial score (nSPS) is 17.9. The van der Waals surface area contributed by atoms with Crippen LogP contribution >= 0.6 is 23.1 Å². The minimum Gasteiger partial charge on any atom is -0.481 e. The third-order valence-electron chi connectivity index (χ3n) is 3.82. The number of carboxylic acid groups (broad SMARTS) is 1. The van der Waals surface area contributed by atoms with Gasteiger partial charge in [-0.1, -0.05) is 25.6 Å². The summed E-state index contributed by atoms with van der Waals surface area (Å²) in [5, 5.41) is 10.9. The summed E-state index contributed by atoms with van der Waals surface area (Å²) in [6, 6.07) is 0. The first-order chi connectivity index (χ1) is 10.1. The maximum atomic E-state index is 10.9. The summed E-state index contributed by atoms with van der Waals surface area (Å²) >= 11 is 3.09. The van der Waals surface area contributed by atoms with Crippen molar-refractivity contribution in [1.29, 1.82) is 0 Å². The van der Waals surface area contributed by atoms with Gasteiger partial charge in [0.25, 0.3) is 0 Å². The maximum Gasteiger partial charge on any atom is 0.313 e. The number of thioether (sulfide) groups is 1. The molecular formula is C15H18N2O2S2. The predicted octanol–water partition coefficient (Wildman–Crippen LogP) is 3.56. The van der Waals surface area contributed by atoms with Gasteiger partial charge in [0.1, 0.15) is 15.7 Å². The number of rotatable bonds is 4. The van der Waals surface area contributed by atoms with E-state index in [1.54, 1.807) is 11.3 Å². The molecule has 21 heavy (non-hydrogen) atoms. The molecule has 1 aliphatic rings. The van der Waals surface area contributed by atoms with Crippen LogP contribution in [0.1, 0.15) is 36.5 Å². The van der Waals surface area contributed by atoms with E-state index >= 15 is 0 Å². The smallest absolute Gasteiger partial charge is 0.313 e. The number of nitrogens with zero attached hydrogens (tertiary/aromatic N) is 2. The van der Waals surface area contributed by atoms with Crippen LogP contribution in [0.2, 0.25) is 0 Å². The summed E-state index contributed by atoms with van der Waals surface area (Å²) < 4.78 is 0. The van der Waals surface area contributed by atoms with Gasteiger partial charge in [-0.2, -0.15) is 0 Å². The van der Waals surface area contributed by atoms with Crippen molar-refractivity contribution in [2.24, 2.45) is 5.92 Å². The van der Waals surface area contributed by atoms with Gasteiger partial charge < -0.3 is 5.11 Å². The average Bonchev–Trinajstić information content (AvgIpc) is 2.81. The van der Waals surface area contributed by atoms with Crippen LogP contribution in [-0.4, -0.2) is 26.8 Å². The number of fused-ring (bicyclic) bond motifs is 3. The predicted molar refractivity (Wildman–Crippen MR) is 86.3 cm³/mol. The van der Waals surface area contributed by atoms with Crippen molar-refractivity contribution in [2.45, 2.75) is 44.6 Å². The number of aromatic nitrogens is 2. The van der Waals surface area contributed by atoms with Crippen molar-refractivity contribution in [3.8, 4) is 0 Å². The number of carbonyl (C=O) groups is 1. The zero-order chi connectivity index (χ0) is 15.0. The van der Waals surface area contributed by atoms with E-state index < -0.39 is 5.97 Å². The van der Waals surface area contributed by atoms with E-state index in [1.807, 2.05) is 6.92 Å². The first-order valence-electron chi connectivity index (χ1n) is 7.24. The second-order valence-electron chi connectivity index (χ2n) is 5.51. The number of hydrogen-bond donors (Lipinski definition) is 1. The third kappa shape index (κ3) is 2.92. The Hall–Kier alpha value is -1.14. The zero-order valence-corrected chi connectivity index (χ0v) is 13.8. The fraction of sp³-hybridized carbons (Fsp3) is 0.533. The largest absolute Gasteiger partial charge is 0.481 e. The van der Waals surface area contributed by atoms with E-state index in [1.165, 1.54) is 28.6 Å². The van der Waals surface area contributed by atoms with Gasteiger partial charge in [0.2, 0.25) is 0 Å². The van der Waals surface area contributed by atoms with Crippen LogP contribution < -0.4 is 0 Å². The first kappa shape index (κ1) is 14.8. The van der Waals surface area contributed by atoms with Crippen LogP contribution in [0, 0.1) is 5.92 Å². The molecule has 112 valence electrons. The number of aliphatic carboxylic acids is 1. The van der Waals surface area contributed by atoms with Gasteiger partial charge in [-0.15, -0.1) is 11.3 Å². The Morgan fingerprint density at radius 2 is 2.29 bits per heavy atom. The van der Waals surface area contributed by atoms with Gasteiger partial charge in [0.15, 0.2) is 0 Å². The molecule has 1 aliphatic carbocycles. The monoisotopic (exact) mass is 322 g/mol. The highest BCUT2D eigenvalue weighted by atomic mass is 32.2. The van der Waals surface area contributed by atoms with Gasteiger partial charge in [-0.05, 0) is 30.7 Å². The quantitative estimate of drug-likeness (QED) is 0.689. The van der Waals surface area contributed by atoms with Crippen LogP contribution in [0.5, 0.6) is 0 Å². The van der Waals surface area contributed by atoms with E-state index in [-0.39, 0.29) is 5.75 Å². The lowest BCUT2D eigenvalue weighted by atomic mass is 9.89.